The second-order valence-electron chi connectivity index (χ2n) is 5.85. The number of imidazole rings is 1. The van der Waals surface area contributed by atoms with Gasteiger partial charge in [-0.15, -0.1) is 22.9 Å². The van der Waals surface area contributed by atoms with Crippen LogP contribution in [0, 0.1) is 0 Å². The van der Waals surface area contributed by atoms with E-state index in [2.05, 4.69) is 10.3 Å². The van der Waals surface area contributed by atoms with Crippen LogP contribution in [0.5, 0.6) is 0 Å². The Balaban J connectivity index is 1.59. The zero-order valence-corrected chi connectivity index (χ0v) is 15.1. The molecule has 0 saturated carbocycles. The van der Waals surface area contributed by atoms with E-state index in [1.165, 1.54) is 0 Å². The molecular formula is C18H11ClF3N3OS. The molecule has 2 heterocycles. The van der Waals surface area contributed by atoms with E-state index < -0.39 is 23.2 Å². The predicted molar refractivity (Wildman–Crippen MR) is 99.2 cm³/mol. The lowest BCUT2D eigenvalue weighted by atomic mass is 10.0. The van der Waals surface area contributed by atoms with Gasteiger partial charge >= 0.3 is 6.18 Å². The van der Waals surface area contributed by atoms with Crippen molar-refractivity contribution in [3.8, 4) is 0 Å². The quantitative estimate of drug-likeness (QED) is 0.455. The maximum Gasteiger partial charge on any atom is 0.432 e. The van der Waals surface area contributed by atoms with Crippen LogP contribution in [0.4, 0.5) is 19.0 Å². The third kappa shape index (κ3) is 3.26. The standard InChI is InChI=1S/C18H11ClF3N3OS/c19-14(12-6-5-10-3-1-2-4-11(10)7-12)16(26)24-15-17-25(9-23-15)13(8-27-17)18(20,21)22/h1-9,14H,(H,24,26). The topological polar surface area (TPSA) is 46.4 Å². The average Bonchev–Trinajstić information content (AvgIpc) is 3.23. The number of thiazole rings is 1. The third-order valence-corrected chi connectivity index (χ3v) is 5.50. The van der Waals surface area contributed by atoms with Gasteiger partial charge in [-0.2, -0.15) is 13.2 Å². The number of anilines is 1. The van der Waals surface area contributed by atoms with E-state index in [0.717, 1.165) is 38.2 Å². The van der Waals surface area contributed by atoms with E-state index in [1.807, 2.05) is 36.4 Å². The molecule has 0 bridgehead atoms. The first-order valence-electron chi connectivity index (χ1n) is 7.80. The van der Waals surface area contributed by atoms with Crippen molar-refractivity contribution in [1.29, 1.82) is 0 Å². The number of hydrogen-bond acceptors (Lipinski definition) is 3. The summed E-state index contributed by atoms with van der Waals surface area (Å²) < 4.78 is 39.8. The first-order valence-corrected chi connectivity index (χ1v) is 9.11. The van der Waals surface area contributed by atoms with Gasteiger partial charge in [-0.1, -0.05) is 36.4 Å². The van der Waals surface area contributed by atoms with Crippen molar-refractivity contribution in [2.75, 3.05) is 5.32 Å². The van der Waals surface area contributed by atoms with Gasteiger partial charge < -0.3 is 5.32 Å². The molecule has 0 radical (unpaired) electrons. The van der Waals surface area contributed by atoms with Crippen LogP contribution in [0.25, 0.3) is 15.6 Å². The van der Waals surface area contributed by atoms with Crippen LogP contribution < -0.4 is 5.32 Å². The molecule has 1 N–H and O–H groups in total. The number of aromatic nitrogens is 2. The second-order valence-corrected chi connectivity index (χ2v) is 7.14. The number of amides is 1. The highest BCUT2D eigenvalue weighted by Crippen LogP contribution is 2.35. The Labute approximate surface area is 160 Å². The molecule has 4 aromatic rings. The molecule has 27 heavy (non-hydrogen) atoms. The molecule has 0 aliphatic heterocycles. The van der Waals surface area contributed by atoms with E-state index in [4.69, 9.17) is 11.6 Å². The maximum absolute atomic E-state index is 12.9. The number of benzene rings is 2. The minimum Gasteiger partial charge on any atom is -0.307 e. The molecule has 0 saturated heterocycles. The Hall–Kier alpha value is -2.58. The minimum atomic E-state index is -4.50. The van der Waals surface area contributed by atoms with Gasteiger partial charge in [-0.25, -0.2) is 4.98 Å². The van der Waals surface area contributed by atoms with Gasteiger partial charge in [0.2, 0.25) is 5.91 Å². The van der Waals surface area contributed by atoms with Crippen LogP contribution in [0.2, 0.25) is 0 Å². The fourth-order valence-electron chi connectivity index (χ4n) is 2.78. The second kappa shape index (κ2) is 6.54. The Kier molecular flexibility index (Phi) is 4.32. The summed E-state index contributed by atoms with van der Waals surface area (Å²) in [5.74, 6) is -0.513. The zero-order chi connectivity index (χ0) is 19.2. The van der Waals surface area contributed by atoms with Gasteiger partial charge in [0.05, 0.1) is 0 Å². The first kappa shape index (κ1) is 17.8. The minimum absolute atomic E-state index is 0.0481. The Morgan fingerprint density at radius 1 is 1.19 bits per heavy atom. The van der Waals surface area contributed by atoms with Crippen molar-refractivity contribution in [1.82, 2.24) is 9.38 Å². The summed E-state index contributed by atoms with van der Waals surface area (Å²) in [6.45, 7) is 0. The fourth-order valence-corrected chi connectivity index (χ4v) is 3.91. The molecule has 1 atom stereocenters. The number of nitrogens with zero attached hydrogens (tertiary/aromatic N) is 2. The van der Waals surface area contributed by atoms with Crippen molar-refractivity contribution < 1.29 is 18.0 Å². The molecule has 0 aliphatic carbocycles. The molecule has 0 aliphatic rings. The normalized spacial score (nSPS) is 13.2. The fraction of sp³-hybridized carbons (Fsp3) is 0.111. The average molecular weight is 410 g/mol. The van der Waals surface area contributed by atoms with Crippen LogP contribution in [-0.2, 0) is 11.0 Å². The van der Waals surface area contributed by atoms with Crippen LogP contribution in [0.1, 0.15) is 16.6 Å². The first-order chi connectivity index (χ1) is 12.8. The lowest BCUT2D eigenvalue weighted by Gasteiger charge is -2.10. The van der Waals surface area contributed by atoms with Gasteiger partial charge in [-0.05, 0) is 22.4 Å². The van der Waals surface area contributed by atoms with Crippen LogP contribution >= 0.6 is 22.9 Å². The van der Waals surface area contributed by atoms with Gasteiger partial charge in [0.15, 0.2) is 5.82 Å². The zero-order valence-electron chi connectivity index (χ0n) is 13.5. The van der Waals surface area contributed by atoms with Gasteiger partial charge in [0.1, 0.15) is 22.2 Å². The van der Waals surface area contributed by atoms with Crippen LogP contribution in [-0.4, -0.2) is 15.3 Å². The van der Waals surface area contributed by atoms with Crippen molar-refractivity contribution in [3.63, 3.8) is 0 Å². The van der Waals surface area contributed by atoms with E-state index in [1.54, 1.807) is 6.07 Å². The summed E-state index contributed by atoms with van der Waals surface area (Å²) in [7, 11) is 0. The number of rotatable bonds is 3. The SMILES string of the molecule is O=C(Nc1ncn2c(C(F)(F)F)csc12)C(Cl)c1ccc2ccccc2c1. The summed E-state index contributed by atoms with van der Waals surface area (Å²) in [4.78, 5) is 16.6. The van der Waals surface area contributed by atoms with Gasteiger partial charge in [0.25, 0.3) is 0 Å². The highest BCUT2D eigenvalue weighted by molar-refractivity contribution is 7.16. The number of carbonyl (C=O) groups excluding carboxylic acids is 1. The smallest absolute Gasteiger partial charge is 0.307 e. The highest BCUT2D eigenvalue weighted by Gasteiger charge is 2.35. The number of halogens is 4. The van der Waals surface area contributed by atoms with E-state index in [-0.39, 0.29) is 10.6 Å². The van der Waals surface area contributed by atoms with Crippen molar-refractivity contribution in [2.24, 2.45) is 0 Å². The lowest BCUT2D eigenvalue weighted by Crippen LogP contribution is -2.17. The van der Waals surface area contributed by atoms with Crippen molar-refractivity contribution >= 4 is 50.3 Å². The molecule has 4 nitrogen and oxygen atoms in total. The predicted octanol–water partition coefficient (Wildman–Crippen LogP) is 5.49. The summed E-state index contributed by atoms with van der Waals surface area (Å²) >= 11 is 7.13. The molecule has 0 spiro atoms. The molecule has 2 aromatic heterocycles. The number of nitrogens with one attached hydrogen (secondary N) is 1. The molecule has 138 valence electrons. The third-order valence-electron chi connectivity index (χ3n) is 4.09. The largest absolute Gasteiger partial charge is 0.432 e. The maximum atomic E-state index is 12.9. The summed E-state index contributed by atoms with van der Waals surface area (Å²) in [5, 5.41) is 4.44. The highest BCUT2D eigenvalue weighted by atomic mass is 35.5. The Morgan fingerprint density at radius 3 is 2.67 bits per heavy atom. The van der Waals surface area contributed by atoms with Crippen LogP contribution in [0.15, 0.2) is 54.2 Å². The molecule has 2 aromatic carbocycles. The van der Waals surface area contributed by atoms with E-state index in [9.17, 15) is 18.0 Å². The molecule has 9 heteroatoms. The van der Waals surface area contributed by atoms with Gasteiger partial charge in [-0.3, -0.25) is 9.20 Å². The molecule has 0 fully saturated rings. The van der Waals surface area contributed by atoms with E-state index in [0.29, 0.717) is 5.56 Å². The lowest BCUT2D eigenvalue weighted by molar-refractivity contribution is -0.141. The Bertz CT molecular complexity index is 1150. The number of alkyl halides is 4. The van der Waals surface area contributed by atoms with Crippen molar-refractivity contribution in [3.05, 3.63) is 65.4 Å². The number of fused-ring (bicyclic) bond motifs is 2. The van der Waals surface area contributed by atoms with E-state index >= 15 is 0 Å². The monoisotopic (exact) mass is 409 g/mol. The molecule has 1 amide bonds. The summed E-state index contributed by atoms with van der Waals surface area (Å²) in [6, 6.07) is 13.1. The van der Waals surface area contributed by atoms with Crippen LogP contribution in [0.3, 0.4) is 0 Å². The van der Waals surface area contributed by atoms with Gasteiger partial charge in [0, 0.05) is 5.38 Å². The summed E-state index contributed by atoms with van der Waals surface area (Å²) in [6.07, 6.45) is -3.47. The molecular weight excluding hydrogens is 399 g/mol. The number of hydrogen-bond donors (Lipinski definition) is 1. The number of carbonyl (C=O) groups is 1. The summed E-state index contributed by atoms with van der Waals surface area (Å²) in [5.41, 5.74) is -0.252. The Morgan fingerprint density at radius 2 is 1.93 bits per heavy atom. The molecule has 4 rings (SSSR count). The molecule has 1 unspecified atom stereocenters. The van der Waals surface area contributed by atoms with Crippen molar-refractivity contribution in [2.45, 2.75) is 11.6 Å².